The maximum absolute atomic E-state index is 13.5. The van der Waals surface area contributed by atoms with Crippen LogP contribution >= 0.6 is 0 Å². The highest BCUT2D eigenvalue weighted by Gasteiger charge is 2.43. The van der Waals surface area contributed by atoms with E-state index in [4.69, 9.17) is 4.98 Å². The van der Waals surface area contributed by atoms with Gasteiger partial charge in [0, 0.05) is 16.5 Å². The van der Waals surface area contributed by atoms with Gasteiger partial charge in [-0.25, -0.2) is 4.98 Å². The monoisotopic (exact) mass is 495 g/mol. The fourth-order valence-electron chi connectivity index (χ4n) is 4.91. The summed E-state index contributed by atoms with van der Waals surface area (Å²) in [5.74, 6) is -1.61. The molecule has 3 heterocycles. The lowest BCUT2D eigenvalue weighted by atomic mass is 9.87. The normalized spacial score (nSPS) is 15.1. The van der Waals surface area contributed by atoms with E-state index in [1.54, 1.807) is 18.2 Å². The number of carboxylic acid groups (broad SMARTS) is 1. The molecule has 1 aliphatic heterocycles. The summed E-state index contributed by atoms with van der Waals surface area (Å²) in [5, 5.41) is 44.9. The number of nitrogens with zero attached hydrogens (tertiary/aromatic N) is 2. The van der Waals surface area contributed by atoms with Crippen molar-refractivity contribution >= 4 is 30.1 Å². The van der Waals surface area contributed by atoms with Crippen LogP contribution in [0.2, 0.25) is 18.1 Å². The van der Waals surface area contributed by atoms with Crippen LogP contribution < -0.4 is 15.9 Å². The first-order chi connectivity index (χ1) is 16.2. The number of carboxylic acids is 1. The number of rotatable bonds is 5. The first-order valence-electron chi connectivity index (χ1n) is 11.7. The van der Waals surface area contributed by atoms with Crippen molar-refractivity contribution in [2.24, 2.45) is 0 Å². The minimum Gasteiger partial charge on any atom is -0.547 e. The van der Waals surface area contributed by atoms with Gasteiger partial charge in [0.25, 0.3) is 5.56 Å². The van der Waals surface area contributed by atoms with Gasteiger partial charge >= 0.3 is 0 Å². The number of aliphatic hydroxyl groups excluding tert-OH is 1. The topological polar surface area (TPSA) is 136 Å². The molecule has 186 valence electrons. The Kier molecular flexibility index (Phi) is 5.74. The average molecular weight is 496 g/mol. The molecular weight excluding hydrogens is 464 g/mol. The molecule has 2 aromatic heterocycles. The smallest absolute Gasteiger partial charge is 0.257 e. The van der Waals surface area contributed by atoms with E-state index in [9.17, 15) is 30.0 Å². The largest absolute Gasteiger partial charge is 0.547 e. The fourth-order valence-corrected chi connectivity index (χ4v) is 7.49. The third-order valence-corrected chi connectivity index (χ3v) is 13.6. The van der Waals surface area contributed by atoms with Gasteiger partial charge < -0.3 is 29.8 Å². The number of aliphatic hydroxyl groups is 2. The standard InChI is InChI=1S/C26H32N2O6Si/c1-7-26(34,24(32)33)18-11-20-21-16(12-28(20)23(31)17(18)13-29)22(35(5,6)25(2,3)4)15-10-14(30)8-9-19(15)27-21/h8-11,29-30,34H,7,12-13H2,1-6H3,(H,32,33)/p-1/t26-/m0/s1. The lowest BCUT2D eigenvalue weighted by molar-refractivity contribution is -0.326. The molecule has 3 aromatic rings. The second kappa shape index (κ2) is 8.01. The zero-order chi connectivity index (χ0) is 26.1. The minimum atomic E-state index is -2.43. The Labute approximate surface area is 204 Å². The van der Waals surface area contributed by atoms with E-state index in [1.165, 1.54) is 17.6 Å². The molecule has 1 aromatic carbocycles. The van der Waals surface area contributed by atoms with Gasteiger partial charge in [-0.3, -0.25) is 4.79 Å². The molecule has 0 radical (unpaired) electrons. The number of aromatic hydroxyl groups is 1. The van der Waals surface area contributed by atoms with Gasteiger partial charge in [0.15, 0.2) is 0 Å². The van der Waals surface area contributed by atoms with Crippen molar-refractivity contribution in [3.8, 4) is 17.1 Å². The Balaban J connectivity index is 2.15. The number of pyridine rings is 2. The van der Waals surface area contributed by atoms with Crippen molar-refractivity contribution in [2.45, 2.75) is 71.0 Å². The highest BCUT2D eigenvalue weighted by atomic mass is 28.3. The first kappa shape index (κ1) is 25.1. The highest BCUT2D eigenvalue weighted by molar-refractivity contribution is 6.94. The molecule has 1 atom stereocenters. The maximum Gasteiger partial charge on any atom is 0.257 e. The number of aliphatic carboxylic acids is 1. The summed E-state index contributed by atoms with van der Waals surface area (Å²) in [4.78, 5) is 30.2. The maximum atomic E-state index is 13.5. The molecule has 0 unspecified atom stereocenters. The molecule has 4 rings (SSSR count). The van der Waals surface area contributed by atoms with Crippen molar-refractivity contribution in [1.29, 1.82) is 0 Å². The van der Waals surface area contributed by atoms with Crippen LogP contribution in [0.3, 0.4) is 0 Å². The van der Waals surface area contributed by atoms with E-state index in [1.807, 2.05) is 0 Å². The van der Waals surface area contributed by atoms with E-state index >= 15 is 0 Å². The number of fused-ring (bicyclic) bond motifs is 4. The fraction of sp³-hybridized carbons (Fsp3) is 0.423. The first-order valence-corrected chi connectivity index (χ1v) is 14.7. The van der Waals surface area contributed by atoms with Crippen LogP contribution in [0.25, 0.3) is 22.3 Å². The number of phenolic OH excluding ortho intramolecular Hbond substituents is 1. The number of carbonyl (C=O) groups excluding carboxylic acids is 1. The molecule has 0 saturated carbocycles. The Morgan fingerprint density at radius 2 is 1.89 bits per heavy atom. The predicted molar refractivity (Wildman–Crippen MR) is 134 cm³/mol. The predicted octanol–water partition coefficient (Wildman–Crippen LogP) is 1.69. The number of phenols is 1. The van der Waals surface area contributed by atoms with Gasteiger partial charge in [-0.1, -0.05) is 40.8 Å². The van der Waals surface area contributed by atoms with Crippen LogP contribution in [0.1, 0.15) is 50.8 Å². The zero-order valence-corrected chi connectivity index (χ0v) is 21.9. The molecule has 0 bridgehead atoms. The summed E-state index contributed by atoms with van der Waals surface area (Å²) < 4.78 is 1.48. The van der Waals surface area contributed by atoms with Gasteiger partial charge in [-0.2, -0.15) is 0 Å². The van der Waals surface area contributed by atoms with Crippen LogP contribution in [0, 0.1) is 0 Å². The molecule has 0 spiro atoms. The molecule has 8 nitrogen and oxygen atoms in total. The lowest BCUT2D eigenvalue weighted by Gasteiger charge is -2.39. The Morgan fingerprint density at radius 3 is 2.43 bits per heavy atom. The molecule has 3 N–H and O–H groups in total. The third-order valence-electron chi connectivity index (χ3n) is 7.98. The van der Waals surface area contributed by atoms with Crippen LogP contribution in [0.4, 0.5) is 0 Å². The Hall–Kier alpha value is -3.01. The molecule has 0 aliphatic carbocycles. The summed E-state index contributed by atoms with van der Waals surface area (Å²) in [6.07, 6.45) is -0.238. The molecular formula is C26H31N2O6Si-. The highest BCUT2D eigenvalue weighted by Crippen LogP contribution is 2.42. The lowest BCUT2D eigenvalue weighted by Crippen LogP contribution is -2.51. The average Bonchev–Trinajstić information content (AvgIpc) is 3.14. The van der Waals surface area contributed by atoms with Crippen molar-refractivity contribution in [1.82, 2.24) is 9.55 Å². The number of carbonyl (C=O) groups is 1. The van der Waals surface area contributed by atoms with Crippen molar-refractivity contribution in [2.75, 3.05) is 0 Å². The van der Waals surface area contributed by atoms with Gasteiger partial charge in [0.1, 0.15) is 11.4 Å². The molecule has 35 heavy (non-hydrogen) atoms. The van der Waals surface area contributed by atoms with Crippen molar-refractivity contribution < 1.29 is 25.2 Å². The number of hydrogen-bond acceptors (Lipinski definition) is 7. The third kappa shape index (κ3) is 3.52. The SMILES string of the molecule is CC[C@@](O)(C(=O)[O-])c1cc2n(c(=O)c1CO)Cc1c-2nc2ccc(O)cc2c1[Si](C)(C)C(C)(C)C. The van der Waals surface area contributed by atoms with E-state index in [0.29, 0.717) is 16.9 Å². The Morgan fingerprint density at radius 1 is 1.23 bits per heavy atom. The van der Waals surface area contributed by atoms with Crippen LogP contribution in [-0.4, -0.2) is 38.9 Å². The second-order valence-electron chi connectivity index (χ2n) is 10.9. The van der Waals surface area contributed by atoms with Crippen LogP contribution in [0.15, 0.2) is 29.1 Å². The van der Waals surface area contributed by atoms with E-state index in [2.05, 4.69) is 33.9 Å². The molecule has 1 aliphatic rings. The molecule has 0 saturated heterocycles. The van der Waals surface area contributed by atoms with Gasteiger partial charge in [-0.05, 0) is 46.5 Å². The van der Waals surface area contributed by atoms with E-state index in [-0.39, 0.29) is 34.9 Å². The van der Waals surface area contributed by atoms with Crippen LogP contribution in [-0.2, 0) is 23.5 Å². The van der Waals surface area contributed by atoms with Gasteiger partial charge in [0.2, 0.25) is 0 Å². The number of benzene rings is 1. The van der Waals surface area contributed by atoms with Gasteiger partial charge in [-0.15, -0.1) is 0 Å². The molecule has 0 amide bonds. The number of aromatic nitrogens is 2. The Bertz CT molecular complexity index is 1440. The summed E-state index contributed by atoms with van der Waals surface area (Å²) in [6.45, 7) is 12.0. The summed E-state index contributed by atoms with van der Waals surface area (Å²) >= 11 is 0. The minimum absolute atomic E-state index is 0.0703. The van der Waals surface area contributed by atoms with E-state index in [0.717, 1.165) is 16.1 Å². The molecule has 0 fully saturated rings. The summed E-state index contributed by atoms with van der Waals surface area (Å²) in [5.41, 5.74) is -0.913. The second-order valence-corrected chi connectivity index (χ2v) is 16.1. The summed E-state index contributed by atoms with van der Waals surface area (Å²) in [6, 6.07) is 6.45. The van der Waals surface area contributed by atoms with Crippen molar-refractivity contribution in [3.05, 3.63) is 51.3 Å². The van der Waals surface area contributed by atoms with Crippen molar-refractivity contribution in [3.63, 3.8) is 0 Å². The summed E-state index contributed by atoms with van der Waals surface area (Å²) in [7, 11) is -2.25. The quantitative estimate of drug-likeness (QED) is 0.359. The van der Waals surface area contributed by atoms with E-state index < -0.39 is 31.8 Å². The number of hydrogen-bond donors (Lipinski definition) is 3. The molecule has 9 heteroatoms. The zero-order valence-electron chi connectivity index (χ0n) is 20.9. The van der Waals surface area contributed by atoms with Crippen LogP contribution in [0.5, 0.6) is 5.75 Å². The van der Waals surface area contributed by atoms with Gasteiger partial charge in [0.05, 0.1) is 44.1 Å².